The van der Waals surface area contributed by atoms with Crippen molar-refractivity contribution in [3.63, 3.8) is 0 Å². The number of hydrogen-bond donors (Lipinski definition) is 1. The summed E-state index contributed by atoms with van der Waals surface area (Å²) in [5.74, 6) is -1.000. The molecule has 1 aromatic heterocycles. The number of carbonyl (C=O) groups is 1. The van der Waals surface area contributed by atoms with Gasteiger partial charge in [0.2, 0.25) is 0 Å². The van der Waals surface area contributed by atoms with Gasteiger partial charge in [0.25, 0.3) is 0 Å². The molecular weight excluding hydrogens is 290 g/mol. The number of benzene rings is 1. The fourth-order valence-corrected chi connectivity index (χ4v) is 2.99. The molecule has 0 saturated carbocycles. The summed E-state index contributed by atoms with van der Waals surface area (Å²) in [5, 5.41) is 9.05. The summed E-state index contributed by atoms with van der Waals surface area (Å²) in [7, 11) is 0. The van der Waals surface area contributed by atoms with E-state index in [1.165, 1.54) is 11.3 Å². The Morgan fingerprint density at radius 2 is 2.12 bits per heavy atom. The molecule has 0 radical (unpaired) electrons. The number of halogens is 1. The Balaban J connectivity index is 2.64. The Bertz CT molecular complexity index is 551. The fourth-order valence-electron chi connectivity index (χ4n) is 1.45. The highest BCUT2D eigenvalue weighted by molar-refractivity contribution is 9.11. The lowest BCUT2D eigenvalue weighted by Crippen LogP contribution is -1.99. The minimum absolute atomic E-state index is 0.103. The third-order valence-corrected chi connectivity index (χ3v) is 3.73. The van der Waals surface area contributed by atoms with Crippen molar-refractivity contribution in [2.24, 2.45) is 0 Å². The Kier molecular flexibility index (Phi) is 3.07. The topological polar surface area (TPSA) is 50.2 Å². The highest BCUT2D eigenvalue weighted by atomic mass is 79.9. The van der Waals surface area contributed by atoms with Crippen LogP contribution in [0.15, 0.2) is 28.2 Å². The van der Waals surface area contributed by atoms with Crippen LogP contribution in [0.4, 0.5) is 0 Å². The molecular formula is C11H8BrNO2S. The zero-order valence-corrected chi connectivity index (χ0v) is 10.8. The van der Waals surface area contributed by atoms with E-state index in [2.05, 4.69) is 20.9 Å². The van der Waals surface area contributed by atoms with Gasteiger partial charge in [-0.1, -0.05) is 24.3 Å². The fraction of sp³-hybridized carbons (Fsp3) is 0.0909. The zero-order chi connectivity index (χ0) is 11.7. The number of thiazole rings is 1. The van der Waals surface area contributed by atoms with Crippen molar-refractivity contribution in [2.45, 2.75) is 6.92 Å². The van der Waals surface area contributed by atoms with E-state index in [0.29, 0.717) is 8.79 Å². The van der Waals surface area contributed by atoms with Crippen LogP contribution in [0.3, 0.4) is 0 Å². The monoisotopic (exact) mass is 297 g/mol. The number of hydrogen-bond acceptors (Lipinski definition) is 3. The first-order valence-corrected chi connectivity index (χ1v) is 6.16. The summed E-state index contributed by atoms with van der Waals surface area (Å²) in [6.45, 7) is 1.95. The number of aromatic carboxylic acids is 1. The second-order valence-electron chi connectivity index (χ2n) is 3.26. The second kappa shape index (κ2) is 4.35. The standard InChI is InChI=1S/C11H8BrNO2S/c1-6-4-2-3-5-7(6)9-8(10(14)15)13-11(12)16-9/h2-5H,1H3,(H,14,15). The van der Waals surface area contributed by atoms with E-state index >= 15 is 0 Å². The molecule has 0 aliphatic rings. The van der Waals surface area contributed by atoms with Gasteiger partial charge in [-0.05, 0) is 34.0 Å². The molecule has 2 aromatic rings. The van der Waals surface area contributed by atoms with Gasteiger partial charge >= 0.3 is 5.97 Å². The SMILES string of the molecule is Cc1ccccc1-c1sc(Br)nc1C(=O)O. The van der Waals surface area contributed by atoms with Gasteiger partial charge in [0.15, 0.2) is 9.61 Å². The smallest absolute Gasteiger partial charge is 0.356 e. The Morgan fingerprint density at radius 1 is 1.44 bits per heavy atom. The number of aryl methyl sites for hydroxylation is 1. The van der Waals surface area contributed by atoms with Gasteiger partial charge in [-0.25, -0.2) is 9.78 Å². The molecule has 0 unspecified atom stereocenters. The summed E-state index contributed by atoms with van der Waals surface area (Å²) in [6.07, 6.45) is 0. The number of carboxylic acids is 1. The van der Waals surface area contributed by atoms with Gasteiger partial charge in [-0.2, -0.15) is 0 Å². The summed E-state index contributed by atoms with van der Waals surface area (Å²) in [6, 6.07) is 7.67. The van der Waals surface area contributed by atoms with E-state index in [9.17, 15) is 4.79 Å². The van der Waals surface area contributed by atoms with Gasteiger partial charge in [0.1, 0.15) is 0 Å². The van der Waals surface area contributed by atoms with Crippen LogP contribution in [0.2, 0.25) is 0 Å². The molecule has 0 bridgehead atoms. The van der Waals surface area contributed by atoms with Crippen LogP contribution in [0.1, 0.15) is 16.1 Å². The van der Waals surface area contributed by atoms with Crippen LogP contribution in [0.5, 0.6) is 0 Å². The maximum absolute atomic E-state index is 11.0. The third-order valence-electron chi connectivity index (χ3n) is 2.19. The summed E-state index contributed by atoms with van der Waals surface area (Å²) < 4.78 is 0.586. The molecule has 2 rings (SSSR count). The van der Waals surface area contributed by atoms with Crippen molar-refractivity contribution < 1.29 is 9.90 Å². The number of rotatable bonds is 2. The van der Waals surface area contributed by atoms with Crippen LogP contribution in [0, 0.1) is 6.92 Å². The molecule has 0 spiro atoms. The van der Waals surface area contributed by atoms with Gasteiger partial charge in [0.05, 0.1) is 4.88 Å². The largest absolute Gasteiger partial charge is 0.476 e. The highest BCUT2D eigenvalue weighted by Gasteiger charge is 2.18. The molecule has 3 nitrogen and oxygen atoms in total. The first-order valence-electron chi connectivity index (χ1n) is 4.55. The van der Waals surface area contributed by atoms with Crippen molar-refractivity contribution in [1.29, 1.82) is 0 Å². The summed E-state index contributed by atoms with van der Waals surface area (Å²) >= 11 is 4.55. The second-order valence-corrected chi connectivity index (χ2v) is 5.54. The van der Waals surface area contributed by atoms with E-state index in [1.807, 2.05) is 31.2 Å². The minimum atomic E-state index is -1.000. The average Bonchev–Trinajstić information content (AvgIpc) is 2.61. The Labute approximate surface area is 105 Å². The Morgan fingerprint density at radius 3 is 2.75 bits per heavy atom. The quantitative estimate of drug-likeness (QED) is 0.922. The molecule has 0 amide bonds. The van der Waals surface area contributed by atoms with Crippen molar-refractivity contribution in [1.82, 2.24) is 4.98 Å². The lowest BCUT2D eigenvalue weighted by Gasteiger charge is -2.02. The van der Waals surface area contributed by atoms with Crippen LogP contribution < -0.4 is 0 Å². The van der Waals surface area contributed by atoms with E-state index in [1.54, 1.807) is 0 Å². The lowest BCUT2D eigenvalue weighted by molar-refractivity contribution is 0.0692. The molecule has 1 N–H and O–H groups in total. The molecule has 0 saturated heterocycles. The summed E-state index contributed by atoms with van der Waals surface area (Å²) in [4.78, 5) is 15.7. The first-order chi connectivity index (χ1) is 7.59. The van der Waals surface area contributed by atoms with Gasteiger partial charge < -0.3 is 5.11 Å². The predicted octanol–water partition coefficient (Wildman–Crippen LogP) is 3.58. The molecule has 0 fully saturated rings. The molecule has 0 atom stereocenters. The van der Waals surface area contributed by atoms with E-state index in [-0.39, 0.29) is 5.69 Å². The zero-order valence-electron chi connectivity index (χ0n) is 8.40. The third kappa shape index (κ3) is 2.01. The van der Waals surface area contributed by atoms with Crippen molar-refractivity contribution >= 4 is 33.2 Å². The van der Waals surface area contributed by atoms with E-state index in [4.69, 9.17) is 5.11 Å². The number of carboxylic acid groups (broad SMARTS) is 1. The van der Waals surface area contributed by atoms with Gasteiger partial charge in [0, 0.05) is 0 Å². The molecule has 0 aliphatic heterocycles. The Hall–Kier alpha value is -1.20. The summed E-state index contributed by atoms with van der Waals surface area (Å²) in [5.41, 5.74) is 2.07. The van der Waals surface area contributed by atoms with Crippen LogP contribution in [-0.2, 0) is 0 Å². The van der Waals surface area contributed by atoms with Crippen molar-refractivity contribution in [2.75, 3.05) is 0 Å². The van der Waals surface area contributed by atoms with Crippen molar-refractivity contribution in [3.05, 3.63) is 39.4 Å². The average molecular weight is 298 g/mol. The van der Waals surface area contributed by atoms with E-state index < -0.39 is 5.97 Å². The number of aromatic nitrogens is 1. The molecule has 82 valence electrons. The van der Waals surface area contributed by atoms with Crippen LogP contribution in [0.25, 0.3) is 10.4 Å². The van der Waals surface area contributed by atoms with Crippen LogP contribution in [-0.4, -0.2) is 16.1 Å². The van der Waals surface area contributed by atoms with Crippen molar-refractivity contribution in [3.8, 4) is 10.4 Å². The molecule has 0 aliphatic carbocycles. The van der Waals surface area contributed by atoms with E-state index in [0.717, 1.165) is 11.1 Å². The molecule has 1 aromatic carbocycles. The molecule has 1 heterocycles. The molecule has 16 heavy (non-hydrogen) atoms. The maximum Gasteiger partial charge on any atom is 0.356 e. The molecule has 5 heteroatoms. The predicted molar refractivity (Wildman–Crippen MR) is 66.9 cm³/mol. The van der Waals surface area contributed by atoms with Gasteiger partial charge in [-0.15, -0.1) is 11.3 Å². The highest BCUT2D eigenvalue weighted by Crippen LogP contribution is 2.34. The number of nitrogens with zero attached hydrogens (tertiary/aromatic N) is 1. The van der Waals surface area contributed by atoms with Gasteiger partial charge in [-0.3, -0.25) is 0 Å². The minimum Gasteiger partial charge on any atom is -0.476 e. The lowest BCUT2D eigenvalue weighted by atomic mass is 10.1. The van der Waals surface area contributed by atoms with Crippen LogP contribution >= 0.6 is 27.3 Å². The normalized spacial score (nSPS) is 10.4. The maximum atomic E-state index is 11.0. The first kappa shape index (κ1) is 11.3.